The Morgan fingerprint density at radius 3 is 2.79 bits per heavy atom. The number of anilines is 1. The van der Waals surface area contributed by atoms with Crippen LogP contribution in [0.15, 0.2) is 47.1 Å². The van der Waals surface area contributed by atoms with Crippen LogP contribution in [0.1, 0.15) is 35.7 Å². The minimum absolute atomic E-state index is 0.0485. The number of carbonyl (C=O) groups excluding carboxylic acids is 1. The zero-order valence-electron chi connectivity index (χ0n) is 18.8. The zero-order chi connectivity index (χ0) is 23.8. The summed E-state index contributed by atoms with van der Waals surface area (Å²) in [5.41, 5.74) is 1.49. The van der Waals surface area contributed by atoms with Crippen molar-refractivity contribution >= 4 is 23.0 Å². The van der Waals surface area contributed by atoms with Crippen LogP contribution in [0.5, 0.6) is 0 Å². The van der Waals surface area contributed by atoms with E-state index in [1.807, 2.05) is 0 Å². The first kappa shape index (κ1) is 22.0. The molecule has 0 bridgehead atoms. The molecule has 2 unspecified atom stereocenters. The summed E-state index contributed by atoms with van der Waals surface area (Å²) < 4.78 is 34.4. The molecule has 5 rings (SSSR count). The second-order valence-corrected chi connectivity index (χ2v) is 8.61. The maximum absolute atomic E-state index is 15.3. The molecule has 0 spiro atoms. The zero-order valence-corrected chi connectivity index (χ0v) is 18.8. The molecule has 0 radical (unpaired) electrons. The summed E-state index contributed by atoms with van der Waals surface area (Å²) in [5, 5.41) is 11.3. The second-order valence-electron chi connectivity index (χ2n) is 8.61. The molecule has 1 fully saturated rings. The predicted octanol–water partition coefficient (Wildman–Crippen LogP) is 4.35. The molecule has 0 aliphatic carbocycles. The standard InChI is InChI=1S/C24H24F2N6O2/c1-14-4-3-11-31(19(14)13-27-24-30-17-12-16(25)6-8-20(17)34-24)23(33)21-18(32-28-9-10-29-32)7-5-15(2)22(21)26/h5-10,12,14,19H,3-4,11,13H2,1-2H3,(H,27,30). The van der Waals surface area contributed by atoms with Gasteiger partial charge in [-0.15, -0.1) is 0 Å². The lowest BCUT2D eigenvalue weighted by Crippen LogP contribution is -2.51. The monoisotopic (exact) mass is 466 g/mol. The molecule has 3 heterocycles. The van der Waals surface area contributed by atoms with Crippen LogP contribution in [-0.2, 0) is 0 Å². The van der Waals surface area contributed by atoms with Crippen molar-refractivity contribution < 1.29 is 18.0 Å². The first-order chi connectivity index (χ1) is 16.4. The van der Waals surface area contributed by atoms with Crippen LogP contribution in [-0.4, -0.2) is 49.9 Å². The first-order valence-electron chi connectivity index (χ1n) is 11.2. The van der Waals surface area contributed by atoms with Crippen molar-refractivity contribution in [3.8, 4) is 5.69 Å². The highest BCUT2D eigenvalue weighted by atomic mass is 19.1. The van der Waals surface area contributed by atoms with Crippen molar-refractivity contribution in [2.45, 2.75) is 32.7 Å². The average molecular weight is 466 g/mol. The molecule has 4 aromatic rings. The van der Waals surface area contributed by atoms with Crippen molar-refractivity contribution in [3.05, 3.63) is 65.5 Å². The number of nitrogens with zero attached hydrogens (tertiary/aromatic N) is 5. The lowest BCUT2D eigenvalue weighted by Gasteiger charge is -2.40. The third kappa shape index (κ3) is 4.00. The predicted molar refractivity (Wildman–Crippen MR) is 122 cm³/mol. The number of hydrogen-bond acceptors (Lipinski definition) is 6. The average Bonchev–Trinajstić information content (AvgIpc) is 3.49. The van der Waals surface area contributed by atoms with Crippen LogP contribution in [0.2, 0.25) is 0 Å². The molecule has 1 aliphatic rings. The van der Waals surface area contributed by atoms with E-state index in [1.54, 1.807) is 24.0 Å². The molecule has 2 aromatic heterocycles. The Balaban J connectivity index is 1.44. The van der Waals surface area contributed by atoms with Crippen LogP contribution in [0.25, 0.3) is 16.8 Å². The molecule has 2 aromatic carbocycles. The largest absolute Gasteiger partial charge is 0.424 e. The van der Waals surface area contributed by atoms with E-state index >= 15 is 4.39 Å². The maximum Gasteiger partial charge on any atom is 0.295 e. The van der Waals surface area contributed by atoms with Crippen molar-refractivity contribution in [1.82, 2.24) is 24.9 Å². The van der Waals surface area contributed by atoms with E-state index in [4.69, 9.17) is 4.42 Å². The molecule has 1 saturated heterocycles. The number of rotatable bonds is 5. The third-order valence-electron chi connectivity index (χ3n) is 6.35. The highest BCUT2D eigenvalue weighted by Crippen LogP contribution is 2.29. The maximum atomic E-state index is 15.3. The Kier molecular flexibility index (Phi) is 5.72. The minimum atomic E-state index is -0.578. The number of aromatic nitrogens is 4. The SMILES string of the molecule is Cc1ccc(-n2nccn2)c(C(=O)N2CCCC(C)C2CNc2nc3cc(F)ccc3o2)c1F. The number of oxazole rings is 1. The van der Waals surface area contributed by atoms with E-state index in [-0.39, 0.29) is 23.5 Å². The summed E-state index contributed by atoms with van der Waals surface area (Å²) in [4.78, 5) is 21.0. The van der Waals surface area contributed by atoms with Crippen molar-refractivity contribution in [1.29, 1.82) is 0 Å². The van der Waals surface area contributed by atoms with Gasteiger partial charge in [0.15, 0.2) is 5.58 Å². The third-order valence-corrected chi connectivity index (χ3v) is 6.35. The lowest BCUT2D eigenvalue weighted by molar-refractivity contribution is 0.0534. The number of amides is 1. The summed E-state index contributed by atoms with van der Waals surface area (Å²) in [6.45, 7) is 4.54. The second kappa shape index (κ2) is 8.85. The van der Waals surface area contributed by atoms with Gasteiger partial charge < -0.3 is 14.6 Å². The van der Waals surface area contributed by atoms with Gasteiger partial charge in [0, 0.05) is 19.2 Å². The molecular weight excluding hydrogens is 442 g/mol. The molecule has 1 N–H and O–H groups in total. The van der Waals surface area contributed by atoms with Crippen LogP contribution >= 0.6 is 0 Å². The summed E-state index contributed by atoms with van der Waals surface area (Å²) >= 11 is 0. The highest BCUT2D eigenvalue weighted by Gasteiger charge is 2.35. The van der Waals surface area contributed by atoms with Gasteiger partial charge in [-0.2, -0.15) is 20.0 Å². The van der Waals surface area contributed by atoms with Gasteiger partial charge >= 0.3 is 0 Å². The Morgan fingerprint density at radius 2 is 2.00 bits per heavy atom. The normalized spacial score (nSPS) is 18.4. The van der Waals surface area contributed by atoms with Crippen molar-refractivity contribution in [2.24, 2.45) is 5.92 Å². The number of carbonyl (C=O) groups is 1. The molecular formula is C24H24F2N6O2. The number of hydrogen-bond donors (Lipinski definition) is 1. The number of nitrogens with one attached hydrogen (secondary N) is 1. The Hall–Kier alpha value is -3.82. The van der Waals surface area contributed by atoms with E-state index in [2.05, 4.69) is 27.4 Å². The molecule has 10 heteroatoms. The molecule has 2 atom stereocenters. The van der Waals surface area contributed by atoms with Gasteiger partial charge in [0.05, 0.1) is 18.4 Å². The number of fused-ring (bicyclic) bond motifs is 1. The molecule has 1 amide bonds. The summed E-state index contributed by atoms with van der Waals surface area (Å²) in [6.07, 6.45) is 4.70. The Morgan fingerprint density at radius 1 is 1.21 bits per heavy atom. The smallest absolute Gasteiger partial charge is 0.295 e. The van der Waals surface area contributed by atoms with Gasteiger partial charge in [0.1, 0.15) is 28.4 Å². The Bertz CT molecular complexity index is 1340. The van der Waals surface area contributed by atoms with E-state index in [1.165, 1.54) is 35.4 Å². The molecule has 34 heavy (non-hydrogen) atoms. The topological polar surface area (TPSA) is 89.1 Å². The minimum Gasteiger partial charge on any atom is -0.424 e. The molecule has 0 saturated carbocycles. The van der Waals surface area contributed by atoms with Crippen molar-refractivity contribution in [3.63, 3.8) is 0 Å². The fourth-order valence-electron chi connectivity index (χ4n) is 4.50. The van der Waals surface area contributed by atoms with Crippen LogP contribution in [0, 0.1) is 24.5 Å². The number of likely N-dealkylation sites (tertiary alicyclic amines) is 1. The molecule has 8 nitrogen and oxygen atoms in total. The number of piperidine rings is 1. The van der Waals surface area contributed by atoms with E-state index in [0.29, 0.717) is 35.4 Å². The van der Waals surface area contributed by atoms with E-state index < -0.39 is 17.5 Å². The van der Waals surface area contributed by atoms with E-state index in [0.717, 1.165) is 12.8 Å². The fourth-order valence-corrected chi connectivity index (χ4v) is 4.50. The van der Waals surface area contributed by atoms with Crippen LogP contribution in [0.4, 0.5) is 14.8 Å². The van der Waals surface area contributed by atoms with Gasteiger partial charge in [0.2, 0.25) is 0 Å². The number of aryl methyl sites for hydroxylation is 1. The van der Waals surface area contributed by atoms with Gasteiger partial charge in [-0.3, -0.25) is 4.79 Å². The fraction of sp³-hybridized carbons (Fsp3) is 0.333. The van der Waals surface area contributed by atoms with E-state index in [9.17, 15) is 9.18 Å². The summed E-state index contributed by atoms with van der Waals surface area (Å²) in [5.74, 6) is -1.23. The Labute approximate surface area is 194 Å². The highest BCUT2D eigenvalue weighted by molar-refractivity contribution is 5.98. The quantitative estimate of drug-likeness (QED) is 0.471. The van der Waals surface area contributed by atoms with Gasteiger partial charge in [0.25, 0.3) is 11.9 Å². The van der Waals surface area contributed by atoms with Gasteiger partial charge in [-0.1, -0.05) is 13.0 Å². The van der Waals surface area contributed by atoms with Crippen LogP contribution in [0.3, 0.4) is 0 Å². The van der Waals surface area contributed by atoms with Crippen LogP contribution < -0.4 is 5.32 Å². The number of benzene rings is 2. The number of halogens is 2. The molecule has 1 aliphatic heterocycles. The lowest BCUT2D eigenvalue weighted by atomic mass is 9.89. The summed E-state index contributed by atoms with van der Waals surface area (Å²) in [7, 11) is 0. The van der Waals surface area contributed by atoms with Crippen molar-refractivity contribution in [2.75, 3.05) is 18.4 Å². The first-order valence-corrected chi connectivity index (χ1v) is 11.2. The van der Waals surface area contributed by atoms with Gasteiger partial charge in [-0.25, -0.2) is 8.78 Å². The summed E-state index contributed by atoms with van der Waals surface area (Å²) in [6, 6.07) is 7.41. The van der Waals surface area contributed by atoms with Gasteiger partial charge in [-0.05, 0) is 49.4 Å². The molecule has 176 valence electrons.